The highest BCUT2D eigenvalue weighted by Crippen LogP contribution is 2.49. The van der Waals surface area contributed by atoms with Gasteiger partial charge >= 0.3 is 0 Å². The number of nitrogens with two attached hydrogens (primary N) is 1. The van der Waals surface area contributed by atoms with E-state index in [4.69, 9.17) is 18.0 Å². The molecule has 3 nitrogen and oxygen atoms in total. The van der Waals surface area contributed by atoms with E-state index in [1.165, 1.54) is 25.7 Å². The number of nitrogens with zero attached hydrogens (tertiary/aromatic N) is 1. The molecule has 2 fully saturated rings. The Morgan fingerprint density at radius 2 is 2.26 bits per heavy atom. The van der Waals surface area contributed by atoms with Crippen LogP contribution in [0.25, 0.3) is 0 Å². The Bertz CT molecular complexity index is 471. The molecule has 19 heavy (non-hydrogen) atoms. The average Bonchev–Trinajstić information content (AvgIpc) is 3.01. The van der Waals surface area contributed by atoms with E-state index in [0.717, 1.165) is 29.1 Å². The molecule has 2 saturated carbocycles. The molecule has 0 amide bonds. The molecule has 0 radical (unpaired) electrons. The maximum absolute atomic E-state index is 5.58. The van der Waals surface area contributed by atoms with E-state index in [-0.39, 0.29) is 0 Å². The van der Waals surface area contributed by atoms with Crippen molar-refractivity contribution < 1.29 is 0 Å². The van der Waals surface area contributed by atoms with Gasteiger partial charge in [-0.25, -0.2) is 4.98 Å². The third-order valence-corrected chi connectivity index (χ3v) is 5.09. The lowest BCUT2D eigenvalue weighted by Gasteiger charge is -2.28. The van der Waals surface area contributed by atoms with Gasteiger partial charge in [0.1, 0.15) is 10.8 Å². The topological polar surface area (TPSA) is 50.9 Å². The summed E-state index contributed by atoms with van der Waals surface area (Å²) in [5, 5.41) is 3.54. The first kappa shape index (κ1) is 12.9. The van der Waals surface area contributed by atoms with E-state index in [0.29, 0.717) is 11.0 Å². The Morgan fingerprint density at radius 1 is 1.42 bits per heavy atom. The van der Waals surface area contributed by atoms with Gasteiger partial charge in [0.25, 0.3) is 0 Å². The van der Waals surface area contributed by atoms with Crippen molar-refractivity contribution in [1.82, 2.24) is 4.98 Å². The number of aromatic nitrogens is 1. The third kappa shape index (κ3) is 2.59. The highest BCUT2D eigenvalue weighted by atomic mass is 32.1. The van der Waals surface area contributed by atoms with Crippen LogP contribution in [0.3, 0.4) is 0 Å². The summed E-state index contributed by atoms with van der Waals surface area (Å²) >= 11 is 4.93. The van der Waals surface area contributed by atoms with Gasteiger partial charge in [0.2, 0.25) is 0 Å². The molecule has 2 aliphatic carbocycles. The molecule has 1 aromatic heterocycles. The van der Waals surface area contributed by atoms with Gasteiger partial charge in [-0.15, -0.1) is 0 Å². The van der Waals surface area contributed by atoms with Crippen molar-refractivity contribution in [2.24, 2.45) is 23.5 Å². The molecule has 0 spiro atoms. The quantitative estimate of drug-likeness (QED) is 0.830. The molecular weight excluding hydrogens is 254 g/mol. The summed E-state index contributed by atoms with van der Waals surface area (Å²) < 4.78 is 0. The molecule has 3 N–H and O–H groups in total. The van der Waals surface area contributed by atoms with Crippen LogP contribution >= 0.6 is 12.2 Å². The zero-order chi connectivity index (χ0) is 13.4. The van der Waals surface area contributed by atoms with Gasteiger partial charge in [-0.3, -0.25) is 0 Å². The highest BCUT2D eigenvalue weighted by Gasteiger charge is 2.41. The zero-order valence-corrected chi connectivity index (χ0v) is 12.1. The Kier molecular flexibility index (Phi) is 3.44. The minimum Gasteiger partial charge on any atom is -0.389 e. The largest absolute Gasteiger partial charge is 0.389 e. The van der Waals surface area contributed by atoms with Crippen molar-refractivity contribution in [1.29, 1.82) is 0 Å². The summed E-state index contributed by atoms with van der Waals surface area (Å²) in [7, 11) is 0. The summed E-state index contributed by atoms with van der Waals surface area (Å²) in [6.45, 7) is 2.29. The zero-order valence-electron chi connectivity index (χ0n) is 11.3. The van der Waals surface area contributed by atoms with Gasteiger partial charge in [0.15, 0.2) is 0 Å². The van der Waals surface area contributed by atoms with Crippen LogP contribution in [0.4, 0.5) is 5.82 Å². The van der Waals surface area contributed by atoms with Crippen molar-refractivity contribution in [3.8, 4) is 0 Å². The Labute approximate surface area is 120 Å². The first-order valence-corrected chi connectivity index (χ1v) is 7.56. The Hall–Kier alpha value is -1.16. The fraction of sp³-hybridized carbons (Fsp3) is 0.600. The minimum absolute atomic E-state index is 0.403. The first-order valence-electron chi connectivity index (χ1n) is 7.16. The summed E-state index contributed by atoms with van der Waals surface area (Å²) in [6, 6.07) is 4.40. The normalized spacial score (nSPS) is 30.3. The fourth-order valence-electron chi connectivity index (χ4n) is 3.87. The lowest BCUT2D eigenvalue weighted by atomic mass is 9.84. The third-order valence-electron chi connectivity index (χ3n) is 4.86. The molecule has 0 saturated heterocycles. The van der Waals surface area contributed by atoms with Gasteiger partial charge in [0.05, 0.1) is 0 Å². The van der Waals surface area contributed by atoms with E-state index >= 15 is 0 Å². The number of rotatable bonds is 4. The molecule has 102 valence electrons. The number of pyridine rings is 1. The van der Waals surface area contributed by atoms with Crippen molar-refractivity contribution in [3.63, 3.8) is 0 Å². The Morgan fingerprint density at radius 3 is 2.79 bits per heavy atom. The van der Waals surface area contributed by atoms with Crippen molar-refractivity contribution in [3.05, 3.63) is 23.9 Å². The highest BCUT2D eigenvalue weighted by molar-refractivity contribution is 7.80. The predicted octanol–water partition coefficient (Wildman–Crippen LogP) is 2.95. The number of hydrogen-bond acceptors (Lipinski definition) is 3. The molecular formula is C15H21N3S. The van der Waals surface area contributed by atoms with Crippen LogP contribution in [0.5, 0.6) is 0 Å². The SMILES string of the molecule is CC(Nc1ccc(C(N)=S)cn1)C1CC2CCC1C2. The number of thiocarbonyl (C=S) groups is 1. The van der Waals surface area contributed by atoms with E-state index in [9.17, 15) is 0 Å². The van der Waals surface area contributed by atoms with Crippen molar-refractivity contribution >= 4 is 23.0 Å². The molecule has 1 heterocycles. The summed E-state index contributed by atoms with van der Waals surface area (Å²) in [5.41, 5.74) is 6.40. The molecule has 4 atom stereocenters. The molecule has 0 aromatic carbocycles. The van der Waals surface area contributed by atoms with E-state index in [1.54, 1.807) is 6.20 Å². The van der Waals surface area contributed by atoms with Crippen LogP contribution < -0.4 is 11.1 Å². The second-order valence-corrected chi connectivity index (χ2v) is 6.51. The maximum Gasteiger partial charge on any atom is 0.126 e. The molecule has 4 heteroatoms. The minimum atomic E-state index is 0.403. The van der Waals surface area contributed by atoms with Gasteiger partial charge in [-0.1, -0.05) is 18.6 Å². The molecule has 2 aliphatic rings. The lowest BCUT2D eigenvalue weighted by Crippen LogP contribution is -2.30. The summed E-state index contributed by atoms with van der Waals surface area (Å²) in [5.74, 6) is 3.67. The van der Waals surface area contributed by atoms with Crippen LogP contribution in [-0.4, -0.2) is 16.0 Å². The van der Waals surface area contributed by atoms with Crippen LogP contribution in [0.2, 0.25) is 0 Å². The fourth-order valence-corrected chi connectivity index (χ4v) is 3.99. The molecule has 2 bridgehead atoms. The van der Waals surface area contributed by atoms with Crippen molar-refractivity contribution in [2.45, 2.75) is 38.6 Å². The van der Waals surface area contributed by atoms with Gasteiger partial charge < -0.3 is 11.1 Å². The van der Waals surface area contributed by atoms with Crippen LogP contribution in [0.15, 0.2) is 18.3 Å². The second-order valence-electron chi connectivity index (χ2n) is 6.07. The maximum atomic E-state index is 5.58. The predicted molar refractivity (Wildman–Crippen MR) is 82.1 cm³/mol. The average molecular weight is 275 g/mol. The van der Waals surface area contributed by atoms with Gasteiger partial charge in [0, 0.05) is 17.8 Å². The van der Waals surface area contributed by atoms with Crippen LogP contribution in [0.1, 0.15) is 38.2 Å². The molecule has 4 unspecified atom stereocenters. The van der Waals surface area contributed by atoms with Crippen LogP contribution in [-0.2, 0) is 0 Å². The van der Waals surface area contributed by atoms with Crippen LogP contribution in [0, 0.1) is 17.8 Å². The van der Waals surface area contributed by atoms with Gasteiger partial charge in [-0.2, -0.15) is 0 Å². The standard InChI is InChI=1S/C15H21N3S/c1-9(13-7-10-2-3-11(13)6-10)18-14-5-4-12(8-17-14)15(16)19/h4-5,8-11,13H,2-3,6-7H2,1H3,(H2,16,19)(H,17,18). The summed E-state index contributed by atoms with van der Waals surface area (Å²) in [6.07, 6.45) is 7.47. The molecule has 0 aliphatic heterocycles. The smallest absolute Gasteiger partial charge is 0.126 e. The first-order chi connectivity index (χ1) is 9.13. The number of fused-ring (bicyclic) bond motifs is 2. The van der Waals surface area contributed by atoms with Crippen molar-refractivity contribution in [2.75, 3.05) is 5.32 Å². The monoisotopic (exact) mass is 275 g/mol. The number of anilines is 1. The molecule has 3 rings (SSSR count). The van der Waals surface area contributed by atoms with E-state index in [1.807, 2.05) is 12.1 Å². The lowest BCUT2D eigenvalue weighted by molar-refractivity contribution is 0.304. The van der Waals surface area contributed by atoms with Gasteiger partial charge in [-0.05, 0) is 56.1 Å². The Balaban J connectivity index is 1.63. The van der Waals surface area contributed by atoms with E-state index in [2.05, 4.69) is 17.2 Å². The van der Waals surface area contributed by atoms with E-state index < -0.39 is 0 Å². The number of nitrogens with one attached hydrogen (secondary N) is 1. The summed E-state index contributed by atoms with van der Waals surface area (Å²) in [4.78, 5) is 4.80. The number of hydrogen-bond donors (Lipinski definition) is 2. The second kappa shape index (κ2) is 5.08. The molecule has 1 aromatic rings.